The Morgan fingerprint density at radius 3 is 2.59 bits per heavy atom. The number of carbonyl (C=O) groups excluding carboxylic acids is 1. The van der Waals surface area contributed by atoms with Crippen molar-refractivity contribution < 1.29 is 9.53 Å². The van der Waals surface area contributed by atoms with Crippen LogP contribution in [0, 0.1) is 11.3 Å². The van der Waals surface area contributed by atoms with Crippen LogP contribution < -0.4 is 10.6 Å². The lowest BCUT2D eigenvalue weighted by molar-refractivity contribution is 0.0488. The predicted molar refractivity (Wildman–Crippen MR) is 113 cm³/mol. The van der Waals surface area contributed by atoms with Crippen LogP contribution >= 0.6 is 27.7 Å². The molecule has 1 aromatic heterocycles. The number of carbonyl (C=O) groups is 1. The summed E-state index contributed by atoms with van der Waals surface area (Å²) in [6.45, 7) is 6.39. The summed E-state index contributed by atoms with van der Waals surface area (Å²) in [5.74, 6) is 1.19. The van der Waals surface area contributed by atoms with E-state index in [1.807, 2.05) is 27.0 Å². The zero-order chi connectivity index (χ0) is 20.0. The third kappa shape index (κ3) is 7.29. The Bertz CT molecular complexity index is 672. The smallest absolute Gasteiger partial charge is 0.407 e. The van der Waals surface area contributed by atoms with E-state index in [1.54, 1.807) is 6.20 Å². The highest BCUT2D eigenvalue weighted by molar-refractivity contribution is 9.18. The number of nitrogens with one attached hydrogen (secondary N) is 3. The minimum atomic E-state index is -0.473. The Morgan fingerprint density at radius 2 is 2.04 bits per heavy atom. The molecule has 150 valence electrons. The van der Waals surface area contributed by atoms with Crippen molar-refractivity contribution in [2.45, 2.75) is 63.3 Å². The molecule has 1 aromatic rings. The van der Waals surface area contributed by atoms with Gasteiger partial charge in [0.15, 0.2) is 5.16 Å². The minimum absolute atomic E-state index is 0.171. The Morgan fingerprint density at radius 1 is 1.37 bits per heavy atom. The van der Waals surface area contributed by atoms with Crippen LogP contribution in [-0.4, -0.2) is 45.1 Å². The van der Waals surface area contributed by atoms with Gasteiger partial charge in [0.2, 0.25) is 0 Å². The topological polar surface area (TPSA) is 100.0 Å². The molecule has 27 heavy (non-hydrogen) atoms. The quantitative estimate of drug-likeness (QED) is 0.332. The third-order valence-electron chi connectivity index (χ3n) is 4.31. The van der Waals surface area contributed by atoms with Crippen LogP contribution in [0.3, 0.4) is 0 Å². The molecule has 1 saturated carbocycles. The molecule has 1 heterocycles. The Hall–Kier alpha value is -1.35. The van der Waals surface area contributed by atoms with Gasteiger partial charge in [-0.3, -0.25) is 5.41 Å². The first-order valence-corrected chi connectivity index (χ1v) is 11.1. The molecule has 0 aliphatic heterocycles. The number of hydrogen-bond donors (Lipinski definition) is 3. The molecule has 3 N–H and O–H groups in total. The number of thioether (sulfide) groups is 1. The second kappa shape index (κ2) is 9.73. The maximum Gasteiger partial charge on any atom is 0.407 e. The summed E-state index contributed by atoms with van der Waals surface area (Å²) in [4.78, 5) is 20.6. The Labute approximate surface area is 173 Å². The largest absolute Gasteiger partial charge is 0.444 e. The van der Waals surface area contributed by atoms with Crippen LogP contribution in [-0.2, 0) is 4.74 Å². The second-order valence-corrected chi connectivity index (χ2v) is 9.24. The number of ether oxygens (including phenoxy) is 1. The molecule has 0 radical (unpaired) electrons. The summed E-state index contributed by atoms with van der Waals surface area (Å²) < 4.78 is 5.59. The fourth-order valence-corrected chi connectivity index (χ4v) is 3.62. The van der Waals surface area contributed by atoms with E-state index in [2.05, 4.69) is 36.5 Å². The van der Waals surface area contributed by atoms with Crippen molar-refractivity contribution in [1.82, 2.24) is 15.3 Å². The molecule has 9 heteroatoms. The normalized spacial score (nSPS) is 20.0. The van der Waals surface area contributed by atoms with Crippen molar-refractivity contribution in [1.29, 1.82) is 5.41 Å². The van der Waals surface area contributed by atoms with Crippen molar-refractivity contribution in [3.8, 4) is 0 Å². The van der Waals surface area contributed by atoms with Gasteiger partial charge in [-0.05, 0) is 74.6 Å². The van der Waals surface area contributed by atoms with Crippen molar-refractivity contribution in [2.24, 2.45) is 5.92 Å². The highest BCUT2D eigenvalue weighted by Crippen LogP contribution is 2.26. The molecular weight excluding hydrogens is 430 g/mol. The summed E-state index contributed by atoms with van der Waals surface area (Å²) in [7, 11) is 0. The monoisotopic (exact) mass is 457 g/mol. The predicted octanol–water partition coefficient (Wildman–Crippen LogP) is 4.41. The molecule has 0 atom stereocenters. The van der Waals surface area contributed by atoms with Crippen LogP contribution in [0.2, 0.25) is 0 Å². The van der Waals surface area contributed by atoms with Crippen LogP contribution in [0.1, 0.15) is 52.0 Å². The molecule has 0 unspecified atom stereocenters. The van der Waals surface area contributed by atoms with E-state index in [4.69, 9.17) is 10.1 Å². The zero-order valence-corrected chi connectivity index (χ0v) is 18.7. The maximum absolute atomic E-state index is 11.9. The van der Waals surface area contributed by atoms with Gasteiger partial charge in [0.25, 0.3) is 0 Å². The van der Waals surface area contributed by atoms with Crippen LogP contribution in [0.15, 0.2) is 11.4 Å². The van der Waals surface area contributed by atoms with E-state index in [1.165, 1.54) is 11.8 Å². The highest BCUT2D eigenvalue weighted by Gasteiger charge is 2.25. The van der Waals surface area contributed by atoms with Gasteiger partial charge in [-0.1, -0.05) is 11.8 Å². The maximum atomic E-state index is 11.9. The number of anilines is 1. The van der Waals surface area contributed by atoms with E-state index in [0.29, 0.717) is 22.5 Å². The first kappa shape index (κ1) is 21.9. The molecule has 0 saturated heterocycles. The fraction of sp³-hybridized carbons (Fsp3) is 0.667. The minimum Gasteiger partial charge on any atom is -0.444 e. The molecule has 7 nitrogen and oxygen atoms in total. The Balaban J connectivity index is 1.83. The molecule has 2 rings (SSSR count). The van der Waals surface area contributed by atoms with E-state index in [0.717, 1.165) is 32.2 Å². The summed E-state index contributed by atoms with van der Waals surface area (Å²) in [5.41, 5.74) is 0.187. The number of alkyl carbamates (subject to hydrolysis) is 1. The van der Waals surface area contributed by atoms with E-state index in [9.17, 15) is 4.79 Å². The van der Waals surface area contributed by atoms with Gasteiger partial charge in [-0.25, -0.2) is 14.8 Å². The van der Waals surface area contributed by atoms with E-state index < -0.39 is 5.60 Å². The van der Waals surface area contributed by atoms with Gasteiger partial charge < -0.3 is 15.4 Å². The SMILES string of the molecule is CSc1ncc(C(=N)Br)c(NCC2CCC(NC(=O)OC(C)(C)C)CC2)n1. The summed E-state index contributed by atoms with van der Waals surface area (Å²) in [6.07, 6.45) is 7.18. The average Bonchev–Trinajstić information content (AvgIpc) is 2.59. The zero-order valence-electron chi connectivity index (χ0n) is 16.3. The fourth-order valence-electron chi connectivity index (χ4n) is 2.99. The molecule has 1 aliphatic rings. The van der Waals surface area contributed by atoms with Gasteiger partial charge in [0, 0.05) is 18.8 Å². The molecule has 0 aromatic carbocycles. The first-order chi connectivity index (χ1) is 12.7. The summed E-state index contributed by atoms with van der Waals surface area (Å²) in [6, 6.07) is 0.171. The van der Waals surface area contributed by atoms with Crippen molar-refractivity contribution in [3.63, 3.8) is 0 Å². The standard InChI is InChI=1S/C18H28BrN5O2S/c1-18(2,3)26-17(25)23-12-7-5-11(6-8-12)9-21-15-13(14(19)20)10-22-16(24-15)27-4/h10-12,20H,5-9H2,1-4H3,(H,23,25)(H,21,22,24). The van der Waals surface area contributed by atoms with Gasteiger partial charge >= 0.3 is 6.09 Å². The molecule has 0 bridgehead atoms. The van der Waals surface area contributed by atoms with Crippen LogP contribution in [0.5, 0.6) is 0 Å². The third-order valence-corrected chi connectivity index (χ3v) is 5.30. The van der Waals surface area contributed by atoms with Gasteiger partial charge in [0.1, 0.15) is 16.0 Å². The highest BCUT2D eigenvalue weighted by atomic mass is 79.9. The molecule has 1 amide bonds. The van der Waals surface area contributed by atoms with Crippen LogP contribution in [0.4, 0.5) is 10.6 Å². The molecule has 1 aliphatic carbocycles. The number of aromatic nitrogens is 2. The van der Waals surface area contributed by atoms with Gasteiger partial charge in [-0.2, -0.15) is 0 Å². The van der Waals surface area contributed by atoms with Crippen molar-refractivity contribution in [3.05, 3.63) is 11.8 Å². The van der Waals surface area contributed by atoms with Gasteiger partial charge in [-0.15, -0.1) is 0 Å². The average molecular weight is 458 g/mol. The first-order valence-electron chi connectivity index (χ1n) is 9.06. The number of amides is 1. The lowest BCUT2D eigenvalue weighted by atomic mass is 9.86. The number of hydrogen-bond acceptors (Lipinski definition) is 7. The van der Waals surface area contributed by atoms with Crippen molar-refractivity contribution in [2.75, 3.05) is 18.1 Å². The van der Waals surface area contributed by atoms with Crippen molar-refractivity contribution >= 4 is 44.2 Å². The molecular formula is C18H28BrN5O2S. The molecule has 1 fully saturated rings. The van der Waals surface area contributed by atoms with Gasteiger partial charge in [0.05, 0.1) is 5.56 Å². The van der Waals surface area contributed by atoms with E-state index >= 15 is 0 Å². The summed E-state index contributed by atoms with van der Waals surface area (Å²) >= 11 is 4.68. The lowest BCUT2D eigenvalue weighted by Gasteiger charge is -2.30. The molecule has 0 spiro atoms. The van der Waals surface area contributed by atoms with E-state index in [-0.39, 0.29) is 16.8 Å². The second-order valence-electron chi connectivity index (χ2n) is 7.68. The lowest BCUT2D eigenvalue weighted by Crippen LogP contribution is -2.41. The van der Waals surface area contributed by atoms with Crippen LogP contribution in [0.25, 0.3) is 0 Å². The Kier molecular flexibility index (Phi) is 7.91. The number of halogens is 1. The number of nitrogens with zero attached hydrogens (tertiary/aromatic N) is 2. The summed E-state index contributed by atoms with van der Waals surface area (Å²) in [5, 5.41) is 14.8. The number of rotatable bonds is 6.